The summed E-state index contributed by atoms with van der Waals surface area (Å²) in [6, 6.07) is 3.65. The van der Waals surface area contributed by atoms with Gasteiger partial charge in [-0.3, -0.25) is 4.79 Å². The van der Waals surface area contributed by atoms with E-state index >= 15 is 0 Å². The Morgan fingerprint density at radius 3 is 2.65 bits per heavy atom. The number of nitrogens with two attached hydrogens (primary N) is 1. The van der Waals surface area contributed by atoms with Crippen molar-refractivity contribution in [3.8, 4) is 0 Å². The zero-order chi connectivity index (χ0) is 10.8. The van der Waals surface area contributed by atoms with Gasteiger partial charge in [0, 0.05) is 29.8 Å². The molecule has 0 saturated carbocycles. The van der Waals surface area contributed by atoms with Gasteiger partial charge >= 0.3 is 0 Å². The standard InChI is InChI=1S/C10H12BrN3O.2ClH/c11-7-1-2-9(13-5-7)10(15)14-4-3-8(12)6-14;;/h1-2,5,8H,3-4,6,12H2;2*1H/t8-;;/m0../s1. The molecule has 1 aliphatic heterocycles. The number of aromatic nitrogens is 1. The number of halogens is 3. The Hall–Kier alpha value is -0.360. The van der Waals surface area contributed by atoms with Gasteiger partial charge in [0.15, 0.2) is 0 Å². The van der Waals surface area contributed by atoms with Gasteiger partial charge in [0.1, 0.15) is 5.69 Å². The summed E-state index contributed by atoms with van der Waals surface area (Å²) >= 11 is 3.28. The van der Waals surface area contributed by atoms with Crippen LogP contribution in [0.1, 0.15) is 16.9 Å². The molecule has 0 bridgehead atoms. The second-order valence-electron chi connectivity index (χ2n) is 3.66. The molecule has 1 atom stereocenters. The summed E-state index contributed by atoms with van der Waals surface area (Å²) in [4.78, 5) is 17.7. The number of carbonyl (C=O) groups excluding carboxylic acids is 1. The van der Waals surface area contributed by atoms with Crippen molar-refractivity contribution in [2.24, 2.45) is 5.73 Å². The molecule has 2 N–H and O–H groups in total. The Morgan fingerprint density at radius 1 is 1.47 bits per heavy atom. The monoisotopic (exact) mass is 341 g/mol. The van der Waals surface area contributed by atoms with Crippen molar-refractivity contribution in [3.63, 3.8) is 0 Å². The number of amides is 1. The Balaban J connectivity index is 0.00000128. The molecule has 1 aliphatic rings. The van der Waals surface area contributed by atoms with E-state index in [2.05, 4.69) is 20.9 Å². The third-order valence-corrected chi connectivity index (χ3v) is 2.93. The summed E-state index contributed by atoms with van der Waals surface area (Å²) in [5.74, 6) is -0.0320. The largest absolute Gasteiger partial charge is 0.336 e. The first-order valence-electron chi connectivity index (χ1n) is 4.83. The predicted octanol–water partition coefficient (Wildman–Crippen LogP) is 1.86. The first kappa shape index (κ1) is 16.6. The molecule has 0 aliphatic carbocycles. The molecule has 4 nitrogen and oxygen atoms in total. The summed E-state index contributed by atoms with van der Waals surface area (Å²) in [7, 11) is 0. The summed E-state index contributed by atoms with van der Waals surface area (Å²) in [5, 5.41) is 0. The fraction of sp³-hybridized carbons (Fsp3) is 0.400. The second-order valence-corrected chi connectivity index (χ2v) is 4.58. The van der Waals surface area contributed by atoms with Crippen LogP contribution in [0.4, 0.5) is 0 Å². The normalized spacial score (nSPS) is 18.2. The number of pyridine rings is 1. The van der Waals surface area contributed by atoms with Gasteiger partial charge in [0.2, 0.25) is 0 Å². The Labute approximate surface area is 121 Å². The van der Waals surface area contributed by atoms with E-state index in [9.17, 15) is 4.79 Å². The lowest BCUT2D eigenvalue weighted by atomic mass is 10.3. The molecule has 0 unspecified atom stereocenters. The predicted molar refractivity (Wildman–Crippen MR) is 74.9 cm³/mol. The van der Waals surface area contributed by atoms with E-state index in [0.29, 0.717) is 12.2 Å². The lowest BCUT2D eigenvalue weighted by Gasteiger charge is -2.14. The maximum atomic E-state index is 11.9. The summed E-state index contributed by atoms with van der Waals surface area (Å²) in [6.07, 6.45) is 2.51. The highest BCUT2D eigenvalue weighted by molar-refractivity contribution is 9.10. The highest BCUT2D eigenvalue weighted by Crippen LogP contribution is 2.13. The van der Waals surface area contributed by atoms with E-state index in [1.165, 1.54) is 0 Å². The number of carbonyl (C=O) groups is 1. The van der Waals surface area contributed by atoms with Crippen molar-refractivity contribution in [1.82, 2.24) is 9.88 Å². The molecule has 96 valence electrons. The highest BCUT2D eigenvalue weighted by Gasteiger charge is 2.24. The van der Waals surface area contributed by atoms with Crippen LogP contribution in [0, 0.1) is 0 Å². The average Bonchev–Trinajstić information content (AvgIpc) is 2.65. The minimum Gasteiger partial charge on any atom is -0.336 e. The van der Waals surface area contributed by atoms with E-state index in [-0.39, 0.29) is 36.8 Å². The van der Waals surface area contributed by atoms with Crippen LogP contribution in [0.15, 0.2) is 22.8 Å². The van der Waals surface area contributed by atoms with Crippen molar-refractivity contribution in [2.45, 2.75) is 12.5 Å². The summed E-state index contributed by atoms with van der Waals surface area (Å²) < 4.78 is 0.872. The van der Waals surface area contributed by atoms with Gasteiger partial charge in [0.25, 0.3) is 5.91 Å². The van der Waals surface area contributed by atoms with Crippen LogP contribution < -0.4 is 5.73 Å². The first-order valence-corrected chi connectivity index (χ1v) is 5.62. The average molecular weight is 343 g/mol. The SMILES string of the molecule is Cl.Cl.N[C@H]1CCN(C(=O)c2ccc(Br)cn2)C1. The van der Waals surface area contributed by atoms with Crippen LogP contribution in [0.2, 0.25) is 0 Å². The summed E-state index contributed by atoms with van der Waals surface area (Å²) in [6.45, 7) is 1.37. The first-order chi connectivity index (χ1) is 7.16. The van der Waals surface area contributed by atoms with Crippen molar-refractivity contribution in [3.05, 3.63) is 28.5 Å². The lowest BCUT2D eigenvalue weighted by molar-refractivity contribution is 0.0785. The quantitative estimate of drug-likeness (QED) is 0.847. The van der Waals surface area contributed by atoms with E-state index < -0.39 is 0 Å². The fourth-order valence-electron chi connectivity index (χ4n) is 1.64. The van der Waals surface area contributed by atoms with Crippen molar-refractivity contribution < 1.29 is 4.79 Å². The van der Waals surface area contributed by atoms with E-state index in [0.717, 1.165) is 17.4 Å². The van der Waals surface area contributed by atoms with Crippen LogP contribution in [0.3, 0.4) is 0 Å². The Morgan fingerprint density at radius 2 is 2.18 bits per heavy atom. The fourth-order valence-corrected chi connectivity index (χ4v) is 1.87. The molecule has 0 spiro atoms. The zero-order valence-electron chi connectivity index (χ0n) is 9.01. The molecule has 2 rings (SSSR count). The minimum absolute atomic E-state index is 0. The van der Waals surface area contributed by atoms with Crippen molar-refractivity contribution >= 4 is 46.7 Å². The molecule has 1 saturated heterocycles. The van der Waals surface area contributed by atoms with E-state index in [1.807, 2.05) is 6.07 Å². The molecule has 17 heavy (non-hydrogen) atoms. The van der Waals surface area contributed by atoms with Gasteiger partial charge in [-0.05, 0) is 34.5 Å². The van der Waals surface area contributed by atoms with Gasteiger partial charge in [-0.2, -0.15) is 0 Å². The maximum Gasteiger partial charge on any atom is 0.272 e. The molecule has 1 aromatic rings. The van der Waals surface area contributed by atoms with Crippen molar-refractivity contribution in [2.75, 3.05) is 13.1 Å². The molecule has 0 aromatic carbocycles. The number of likely N-dealkylation sites (tertiary alicyclic amines) is 1. The highest BCUT2D eigenvalue weighted by atomic mass is 79.9. The van der Waals surface area contributed by atoms with Crippen molar-refractivity contribution in [1.29, 1.82) is 0 Å². The third kappa shape index (κ3) is 4.10. The molecule has 0 radical (unpaired) electrons. The smallest absolute Gasteiger partial charge is 0.272 e. The molecule has 1 fully saturated rings. The Bertz CT molecular complexity index is 374. The molecular weight excluding hydrogens is 329 g/mol. The minimum atomic E-state index is -0.0320. The van der Waals surface area contributed by atoms with Gasteiger partial charge in [-0.15, -0.1) is 24.8 Å². The van der Waals surface area contributed by atoms with Gasteiger partial charge < -0.3 is 10.6 Å². The molecule has 7 heteroatoms. The Kier molecular flexibility index (Phi) is 7.01. The number of nitrogens with zero attached hydrogens (tertiary/aromatic N) is 2. The number of hydrogen-bond acceptors (Lipinski definition) is 3. The van der Waals surface area contributed by atoms with Crippen LogP contribution in [-0.4, -0.2) is 34.9 Å². The second kappa shape index (κ2) is 7.16. The summed E-state index contributed by atoms with van der Waals surface area (Å²) in [5.41, 5.74) is 6.22. The van der Waals surface area contributed by atoms with Crippen LogP contribution in [-0.2, 0) is 0 Å². The van der Waals surface area contributed by atoms with E-state index in [4.69, 9.17) is 5.73 Å². The molecule has 1 aromatic heterocycles. The number of hydrogen-bond donors (Lipinski definition) is 1. The van der Waals surface area contributed by atoms with Gasteiger partial charge in [-0.1, -0.05) is 0 Å². The van der Waals surface area contributed by atoms with Crippen LogP contribution in [0.5, 0.6) is 0 Å². The van der Waals surface area contributed by atoms with E-state index in [1.54, 1.807) is 17.2 Å². The van der Waals surface area contributed by atoms with Crippen LogP contribution in [0.25, 0.3) is 0 Å². The zero-order valence-corrected chi connectivity index (χ0v) is 12.2. The van der Waals surface area contributed by atoms with Gasteiger partial charge in [0.05, 0.1) is 0 Å². The molecule has 2 heterocycles. The third-order valence-electron chi connectivity index (χ3n) is 2.46. The van der Waals surface area contributed by atoms with Crippen LogP contribution >= 0.6 is 40.7 Å². The van der Waals surface area contributed by atoms with Gasteiger partial charge in [-0.25, -0.2) is 4.98 Å². The topological polar surface area (TPSA) is 59.2 Å². The maximum absolute atomic E-state index is 11.9. The lowest BCUT2D eigenvalue weighted by Crippen LogP contribution is -2.32. The molecular formula is C10H14BrCl2N3O. The number of rotatable bonds is 1. The molecule has 1 amide bonds.